The number of rotatable bonds is 10. The summed E-state index contributed by atoms with van der Waals surface area (Å²) < 4.78 is 0. The predicted octanol–water partition coefficient (Wildman–Crippen LogP) is 4.94. The zero-order valence-electron chi connectivity index (χ0n) is 26.0. The average Bonchev–Trinajstić information content (AvgIpc) is 3.10. The Morgan fingerprint density at radius 2 is 2.00 bits per heavy atom. The summed E-state index contributed by atoms with van der Waals surface area (Å²) in [4.78, 5) is 41.5. The fourth-order valence-corrected chi connectivity index (χ4v) is 6.70. The smallest absolute Gasteiger partial charge is 0.328 e. The number of carbonyl (C=O) groups excluding carboxylic acids is 1. The molecule has 4 N–H and O–H groups in total. The highest BCUT2D eigenvalue weighted by Crippen LogP contribution is 2.33. The molecule has 2 atom stereocenters. The Morgan fingerprint density at radius 1 is 1.13 bits per heavy atom. The van der Waals surface area contributed by atoms with Crippen LogP contribution in [-0.4, -0.2) is 64.2 Å². The number of amides is 1. The summed E-state index contributed by atoms with van der Waals surface area (Å²) >= 11 is 0. The molecule has 2 aliphatic heterocycles. The molecule has 1 amide bonds. The SMILES string of the molecule is CCc1c(NC[C@H](NC(=O)C2=CCC(C3=CCCC=C3)C=C2)C(=O)O)ncnc1N1CCC(c2ccc3c(n2)NCCC3)CC1. The van der Waals surface area contributed by atoms with E-state index in [1.165, 1.54) is 17.5 Å². The Kier molecular flexibility index (Phi) is 9.57. The summed E-state index contributed by atoms with van der Waals surface area (Å²) in [6, 6.07) is 3.30. The molecule has 6 rings (SSSR count). The van der Waals surface area contributed by atoms with E-state index in [1.54, 1.807) is 6.08 Å². The lowest BCUT2D eigenvalue weighted by Crippen LogP contribution is -2.46. The van der Waals surface area contributed by atoms with Gasteiger partial charge in [0.2, 0.25) is 0 Å². The highest BCUT2D eigenvalue weighted by Gasteiger charge is 2.27. The first-order chi connectivity index (χ1) is 22.0. The lowest BCUT2D eigenvalue weighted by Gasteiger charge is -2.34. The van der Waals surface area contributed by atoms with Gasteiger partial charge in [0.05, 0.1) is 0 Å². The minimum absolute atomic E-state index is 0.00192. The topological polar surface area (TPSA) is 132 Å². The van der Waals surface area contributed by atoms with Gasteiger partial charge < -0.3 is 26.0 Å². The number of nitrogens with one attached hydrogen (secondary N) is 3. The fraction of sp³-hybridized carbons (Fsp3) is 0.457. The number of hydrogen-bond acceptors (Lipinski definition) is 8. The van der Waals surface area contributed by atoms with E-state index < -0.39 is 17.9 Å². The zero-order valence-corrected chi connectivity index (χ0v) is 26.0. The van der Waals surface area contributed by atoms with Crippen LogP contribution < -0.4 is 20.9 Å². The third kappa shape index (κ3) is 7.10. The summed E-state index contributed by atoms with van der Waals surface area (Å²) in [5.74, 6) is 1.67. The summed E-state index contributed by atoms with van der Waals surface area (Å²) in [6.45, 7) is 4.74. The van der Waals surface area contributed by atoms with Gasteiger partial charge in [0.25, 0.3) is 5.91 Å². The Hall–Kier alpha value is -4.47. The predicted molar refractivity (Wildman–Crippen MR) is 176 cm³/mol. The molecule has 2 aromatic heterocycles. The van der Waals surface area contributed by atoms with Crippen molar-refractivity contribution in [3.8, 4) is 0 Å². The molecule has 45 heavy (non-hydrogen) atoms. The molecule has 1 fully saturated rings. The molecular weight excluding hydrogens is 566 g/mol. The van der Waals surface area contributed by atoms with Crippen molar-refractivity contribution in [2.24, 2.45) is 5.92 Å². The summed E-state index contributed by atoms with van der Waals surface area (Å²) in [6.07, 6.45) is 21.5. The van der Waals surface area contributed by atoms with Crippen LogP contribution in [0.1, 0.15) is 68.2 Å². The molecule has 4 heterocycles. The van der Waals surface area contributed by atoms with Crippen LogP contribution in [0.25, 0.3) is 0 Å². The van der Waals surface area contributed by atoms with Gasteiger partial charge in [-0.25, -0.2) is 19.7 Å². The van der Waals surface area contributed by atoms with Crippen molar-refractivity contribution < 1.29 is 14.7 Å². The maximum absolute atomic E-state index is 13.0. The van der Waals surface area contributed by atoms with Gasteiger partial charge in [-0.2, -0.15) is 0 Å². The van der Waals surface area contributed by atoms with Gasteiger partial charge in [0.1, 0.15) is 29.8 Å². The van der Waals surface area contributed by atoms with Crippen LogP contribution in [0.2, 0.25) is 0 Å². The van der Waals surface area contributed by atoms with Crippen molar-refractivity contribution in [2.45, 2.75) is 70.3 Å². The van der Waals surface area contributed by atoms with Gasteiger partial charge in [0, 0.05) is 54.8 Å². The third-order valence-electron chi connectivity index (χ3n) is 9.30. The first-order valence-corrected chi connectivity index (χ1v) is 16.3. The monoisotopic (exact) mass is 609 g/mol. The van der Waals surface area contributed by atoms with Crippen molar-refractivity contribution in [1.82, 2.24) is 20.3 Å². The first-order valence-electron chi connectivity index (χ1n) is 16.3. The number of allylic oxidation sites excluding steroid dienone is 6. The number of carboxylic acid groups (broad SMARTS) is 1. The second-order valence-electron chi connectivity index (χ2n) is 12.2. The van der Waals surface area contributed by atoms with Crippen molar-refractivity contribution in [1.29, 1.82) is 0 Å². The van der Waals surface area contributed by atoms with Gasteiger partial charge in [-0.3, -0.25) is 4.79 Å². The van der Waals surface area contributed by atoms with E-state index in [2.05, 4.69) is 68.1 Å². The summed E-state index contributed by atoms with van der Waals surface area (Å²) in [7, 11) is 0. The van der Waals surface area contributed by atoms with Crippen molar-refractivity contribution in [3.63, 3.8) is 0 Å². The van der Waals surface area contributed by atoms with Crippen LogP contribution in [0.5, 0.6) is 0 Å². The number of carbonyl (C=O) groups is 2. The van der Waals surface area contributed by atoms with Crippen LogP contribution in [0.3, 0.4) is 0 Å². The molecular formula is C35H43N7O3. The molecule has 0 bridgehead atoms. The average molecular weight is 610 g/mol. The minimum Gasteiger partial charge on any atom is -0.480 e. The molecule has 2 aromatic rings. The summed E-state index contributed by atoms with van der Waals surface area (Å²) in [5.41, 5.74) is 5.16. The van der Waals surface area contributed by atoms with E-state index in [0.29, 0.717) is 30.2 Å². The lowest BCUT2D eigenvalue weighted by atomic mass is 9.87. The van der Waals surface area contributed by atoms with Crippen LogP contribution >= 0.6 is 0 Å². The highest BCUT2D eigenvalue weighted by molar-refractivity contribution is 5.98. The Morgan fingerprint density at radius 3 is 2.73 bits per heavy atom. The van der Waals surface area contributed by atoms with E-state index in [9.17, 15) is 14.7 Å². The van der Waals surface area contributed by atoms with Crippen LogP contribution in [0.15, 0.2) is 66.1 Å². The van der Waals surface area contributed by atoms with Gasteiger partial charge in [0.15, 0.2) is 0 Å². The largest absolute Gasteiger partial charge is 0.480 e. The number of aromatic nitrogens is 3. The fourth-order valence-electron chi connectivity index (χ4n) is 6.70. The number of aliphatic carboxylic acids is 1. The molecule has 2 aliphatic carbocycles. The molecule has 10 nitrogen and oxygen atoms in total. The molecule has 0 spiro atoms. The third-order valence-corrected chi connectivity index (χ3v) is 9.30. The molecule has 1 unspecified atom stereocenters. The second-order valence-corrected chi connectivity index (χ2v) is 12.2. The number of pyridine rings is 1. The standard InChI is InChI=1S/C35H43N7O3/c1-2-28-32(37-21-30(35(44)45)41-34(43)27-12-10-24(11-13-27)23-7-4-3-5-8-23)38-22-39-33(28)42-19-16-25(17-20-42)29-15-14-26-9-6-18-36-31(26)40-29/h4,7-8,10,12-15,22,24-25,30H,2-3,5-6,9,11,16-21H2,1H3,(H,36,40)(H,41,43)(H,44,45)(H,37,38,39)/t24?,30-/m0/s1. The number of aryl methyl sites for hydroxylation is 1. The second kappa shape index (κ2) is 14.1. The summed E-state index contributed by atoms with van der Waals surface area (Å²) in [5, 5.41) is 19.3. The van der Waals surface area contributed by atoms with E-state index in [-0.39, 0.29) is 12.5 Å². The van der Waals surface area contributed by atoms with Crippen LogP contribution in [0.4, 0.5) is 17.5 Å². The molecule has 10 heteroatoms. The quantitative estimate of drug-likeness (QED) is 0.296. The number of hydrogen-bond donors (Lipinski definition) is 4. The normalized spacial score (nSPS) is 20.4. The van der Waals surface area contributed by atoms with Crippen molar-refractivity contribution in [3.05, 3.63) is 82.9 Å². The molecule has 0 aromatic carbocycles. The van der Waals surface area contributed by atoms with Gasteiger partial charge in [-0.15, -0.1) is 0 Å². The minimum atomic E-state index is -1.12. The molecule has 1 saturated heterocycles. The number of piperidine rings is 1. The van der Waals surface area contributed by atoms with Crippen LogP contribution in [0, 0.1) is 5.92 Å². The molecule has 0 saturated carbocycles. The molecule has 0 radical (unpaired) electrons. The number of nitrogens with zero attached hydrogens (tertiary/aromatic N) is 4. The van der Waals surface area contributed by atoms with Crippen molar-refractivity contribution in [2.75, 3.05) is 41.7 Å². The van der Waals surface area contributed by atoms with E-state index >= 15 is 0 Å². The zero-order chi connectivity index (χ0) is 31.2. The molecule has 236 valence electrons. The van der Waals surface area contributed by atoms with Crippen molar-refractivity contribution >= 4 is 29.3 Å². The van der Waals surface area contributed by atoms with E-state index in [4.69, 9.17) is 4.98 Å². The van der Waals surface area contributed by atoms with E-state index in [0.717, 1.165) is 81.1 Å². The first kappa shape index (κ1) is 30.6. The van der Waals surface area contributed by atoms with Crippen LogP contribution in [-0.2, 0) is 22.4 Å². The molecule has 4 aliphatic rings. The maximum atomic E-state index is 13.0. The Balaban J connectivity index is 1.06. The van der Waals surface area contributed by atoms with Gasteiger partial charge in [-0.1, -0.05) is 49.4 Å². The number of carboxylic acids is 1. The Bertz CT molecular complexity index is 1540. The maximum Gasteiger partial charge on any atom is 0.328 e. The number of anilines is 3. The highest BCUT2D eigenvalue weighted by atomic mass is 16.4. The van der Waals surface area contributed by atoms with E-state index in [1.807, 2.05) is 12.2 Å². The Labute approximate surface area is 264 Å². The number of fused-ring (bicyclic) bond motifs is 1. The lowest BCUT2D eigenvalue weighted by molar-refractivity contribution is -0.140. The van der Waals surface area contributed by atoms with Gasteiger partial charge in [-0.05, 0) is 68.6 Å². The van der Waals surface area contributed by atoms with Gasteiger partial charge >= 0.3 is 5.97 Å².